The molecule has 0 radical (unpaired) electrons. The highest BCUT2D eigenvalue weighted by Gasteiger charge is 2.23. The van der Waals surface area contributed by atoms with Gasteiger partial charge >= 0.3 is 0 Å². The smallest absolute Gasteiger partial charge is 0.129 e. The standard InChI is InChI=1S/C13H24N4.ClH/c1-10-6-5-7-17(9-10)13-8-12(14-3)16(4)11(2)15-13;/h8,10,12,14H,5-7,9H2,1-4H3;1H. The van der Waals surface area contributed by atoms with Gasteiger partial charge in [0.25, 0.3) is 0 Å². The number of amidine groups is 1. The molecule has 4 nitrogen and oxygen atoms in total. The largest absolute Gasteiger partial charge is 0.356 e. The fourth-order valence-electron chi connectivity index (χ4n) is 2.59. The maximum Gasteiger partial charge on any atom is 0.129 e. The second kappa shape index (κ2) is 6.43. The Labute approximate surface area is 117 Å². The van der Waals surface area contributed by atoms with E-state index in [-0.39, 0.29) is 18.6 Å². The van der Waals surface area contributed by atoms with E-state index in [1.54, 1.807) is 0 Å². The Morgan fingerprint density at radius 3 is 2.78 bits per heavy atom. The Kier molecular flexibility index (Phi) is 5.47. The summed E-state index contributed by atoms with van der Waals surface area (Å²) in [5.41, 5.74) is 0. The normalized spacial score (nSPS) is 28.4. The van der Waals surface area contributed by atoms with Crippen LogP contribution in [0.2, 0.25) is 0 Å². The predicted molar refractivity (Wildman–Crippen MR) is 79.0 cm³/mol. The summed E-state index contributed by atoms with van der Waals surface area (Å²) in [5, 5.41) is 3.31. The summed E-state index contributed by atoms with van der Waals surface area (Å²) in [7, 11) is 4.07. The Morgan fingerprint density at radius 1 is 1.44 bits per heavy atom. The van der Waals surface area contributed by atoms with E-state index < -0.39 is 0 Å². The Balaban J connectivity index is 0.00000162. The van der Waals surface area contributed by atoms with E-state index in [0.29, 0.717) is 0 Å². The van der Waals surface area contributed by atoms with Gasteiger partial charge in [0.1, 0.15) is 17.8 Å². The van der Waals surface area contributed by atoms with Crippen molar-refractivity contribution in [3.8, 4) is 0 Å². The van der Waals surface area contributed by atoms with Crippen molar-refractivity contribution in [2.24, 2.45) is 10.9 Å². The fourth-order valence-corrected chi connectivity index (χ4v) is 2.59. The van der Waals surface area contributed by atoms with Gasteiger partial charge in [0, 0.05) is 20.1 Å². The molecule has 2 unspecified atom stereocenters. The molecule has 2 aliphatic heterocycles. The van der Waals surface area contributed by atoms with Gasteiger partial charge in [0.15, 0.2) is 0 Å². The number of hydrogen-bond donors (Lipinski definition) is 1. The molecule has 1 fully saturated rings. The quantitative estimate of drug-likeness (QED) is 0.833. The first-order chi connectivity index (χ1) is 8.11. The molecule has 2 heterocycles. The van der Waals surface area contributed by atoms with Gasteiger partial charge in [0.05, 0.1) is 0 Å². The van der Waals surface area contributed by atoms with E-state index in [0.717, 1.165) is 30.7 Å². The highest BCUT2D eigenvalue weighted by Crippen LogP contribution is 2.22. The van der Waals surface area contributed by atoms with Gasteiger partial charge in [-0.2, -0.15) is 0 Å². The first-order valence-corrected chi connectivity index (χ1v) is 6.54. The predicted octanol–water partition coefficient (Wildman–Crippen LogP) is 1.89. The zero-order valence-corrected chi connectivity index (χ0v) is 12.6. The summed E-state index contributed by atoms with van der Waals surface area (Å²) >= 11 is 0. The zero-order chi connectivity index (χ0) is 12.4. The number of nitrogens with one attached hydrogen (secondary N) is 1. The van der Waals surface area contributed by atoms with Gasteiger partial charge in [-0.05, 0) is 38.8 Å². The molecular weight excluding hydrogens is 248 g/mol. The van der Waals surface area contributed by atoms with Crippen molar-refractivity contribution in [3.63, 3.8) is 0 Å². The second-order valence-electron chi connectivity index (χ2n) is 5.22. The molecule has 2 atom stereocenters. The molecule has 2 rings (SSSR count). The lowest BCUT2D eigenvalue weighted by atomic mass is 10.0. The van der Waals surface area contributed by atoms with Crippen LogP contribution in [-0.4, -0.2) is 49.0 Å². The van der Waals surface area contributed by atoms with E-state index in [1.165, 1.54) is 12.8 Å². The van der Waals surface area contributed by atoms with Crippen LogP contribution in [-0.2, 0) is 0 Å². The van der Waals surface area contributed by atoms with E-state index in [4.69, 9.17) is 4.99 Å². The molecule has 18 heavy (non-hydrogen) atoms. The number of likely N-dealkylation sites (tertiary alicyclic amines) is 1. The summed E-state index contributed by atoms with van der Waals surface area (Å²) in [4.78, 5) is 9.30. The second-order valence-corrected chi connectivity index (χ2v) is 5.22. The van der Waals surface area contributed by atoms with Crippen LogP contribution in [0.1, 0.15) is 26.7 Å². The molecule has 0 saturated carbocycles. The van der Waals surface area contributed by atoms with Gasteiger partial charge in [-0.3, -0.25) is 5.32 Å². The van der Waals surface area contributed by atoms with Crippen LogP contribution >= 0.6 is 12.4 Å². The first kappa shape index (κ1) is 15.3. The first-order valence-electron chi connectivity index (χ1n) is 6.54. The lowest BCUT2D eigenvalue weighted by Gasteiger charge is -2.37. The van der Waals surface area contributed by atoms with Crippen molar-refractivity contribution in [1.82, 2.24) is 15.1 Å². The highest BCUT2D eigenvalue weighted by atomic mass is 35.5. The number of aliphatic imine (C=N–C) groups is 1. The number of hydrogen-bond acceptors (Lipinski definition) is 4. The topological polar surface area (TPSA) is 30.9 Å². The monoisotopic (exact) mass is 272 g/mol. The number of nitrogens with zero attached hydrogens (tertiary/aromatic N) is 3. The zero-order valence-electron chi connectivity index (χ0n) is 11.8. The molecule has 1 N–H and O–H groups in total. The average molecular weight is 273 g/mol. The number of likely N-dealkylation sites (N-methyl/N-ethyl adjacent to an activating group) is 2. The van der Waals surface area contributed by atoms with E-state index in [2.05, 4.69) is 42.1 Å². The van der Waals surface area contributed by atoms with Gasteiger partial charge in [-0.25, -0.2) is 4.99 Å². The number of rotatable bonds is 2. The van der Waals surface area contributed by atoms with Crippen LogP contribution < -0.4 is 5.32 Å². The highest BCUT2D eigenvalue weighted by molar-refractivity contribution is 5.85. The fraction of sp³-hybridized carbons (Fsp3) is 0.769. The lowest BCUT2D eigenvalue weighted by Crippen LogP contribution is -2.47. The summed E-state index contributed by atoms with van der Waals surface area (Å²) in [5.74, 6) is 3.01. The molecule has 2 aliphatic rings. The van der Waals surface area contributed by atoms with Crippen LogP contribution in [0.5, 0.6) is 0 Å². The Morgan fingerprint density at radius 2 is 2.17 bits per heavy atom. The van der Waals surface area contributed by atoms with Crippen molar-refractivity contribution in [1.29, 1.82) is 0 Å². The van der Waals surface area contributed by atoms with Gasteiger partial charge in [0.2, 0.25) is 0 Å². The summed E-state index contributed by atoms with van der Waals surface area (Å²) in [6.45, 7) is 6.69. The molecule has 0 amide bonds. The molecule has 0 aliphatic carbocycles. The van der Waals surface area contributed by atoms with Crippen molar-refractivity contribution in [3.05, 3.63) is 11.9 Å². The number of piperidine rings is 1. The molecule has 1 saturated heterocycles. The van der Waals surface area contributed by atoms with Crippen LogP contribution in [0.15, 0.2) is 16.9 Å². The van der Waals surface area contributed by atoms with Gasteiger partial charge in [-0.15, -0.1) is 12.4 Å². The molecule has 0 aromatic heterocycles. The minimum Gasteiger partial charge on any atom is -0.356 e. The molecule has 104 valence electrons. The summed E-state index contributed by atoms with van der Waals surface area (Å²) < 4.78 is 0. The molecule has 0 spiro atoms. The minimum atomic E-state index is 0. The maximum atomic E-state index is 4.71. The minimum absolute atomic E-state index is 0. The van der Waals surface area contributed by atoms with Crippen molar-refractivity contribution in [2.75, 3.05) is 27.2 Å². The van der Waals surface area contributed by atoms with Crippen molar-refractivity contribution in [2.45, 2.75) is 32.9 Å². The summed E-state index contributed by atoms with van der Waals surface area (Å²) in [6, 6.07) is 0. The van der Waals surface area contributed by atoms with E-state index in [9.17, 15) is 0 Å². The third-order valence-electron chi connectivity index (χ3n) is 3.79. The molecule has 0 bridgehead atoms. The number of halogens is 1. The third kappa shape index (κ3) is 3.18. The molecule has 0 aromatic rings. The lowest BCUT2D eigenvalue weighted by molar-refractivity contribution is 0.220. The molecular formula is C13H25ClN4. The SMILES string of the molecule is CNC1C=C(N2CCCC(C)C2)N=C(C)N1C.Cl. The Hall–Kier alpha value is -0.740. The van der Waals surface area contributed by atoms with Gasteiger partial charge in [-0.1, -0.05) is 6.92 Å². The average Bonchev–Trinajstić information content (AvgIpc) is 2.32. The van der Waals surface area contributed by atoms with Crippen molar-refractivity contribution >= 4 is 18.2 Å². The van der Waals surface area contributed by atoms with Crippen LogP contribution in [0.3, 0.4) is 0 Å². The van der Waals surface area contributed by atoms with Crippen LogP contribution in [0, 0.1) is 5.92 Å². The summed E-state index contributed by atoms with van der Waals surface area (Å²) in [6.07, 6.45) is 5.12. The van der Waals surface area contributed by atoms with Crippen LogP contribution in [0.4, 0.5) is 0 Å². The van der Waals surface area contributed by atoms with E-state index >= 15 is 0 Å². The third-order valence-corrected chi connectivity index (χ3v) is 3.79. The van der Waals surface area contributed by atoms with Crippen LogP contribution in [0.25, 0.3) is 0 Å². The maximum absolute atomic E-state index is 4.71. The molecule has 5 heteroatoms. The van der Waals surface area contributed by atoms with Gasteiger partial charge < -0.3 is 9.80 Å². The van der Waals surface area contributed by atoms with Crippen molar-refractivity contribution < 1.29 is 0 Å². The Bertz CT molecular complexity index is 340. The van der Waals surface area contributed by atoms with E-state index in [1.807, 2.05) is 7.05 Å². The molecule has 0 aromatic carbocycles.